The van der Waals surface area contributed by atoms with Gasteiger partial charge < -0.3 is 19.6 Å². The van der Waals surface area contributed by atoms with Gasteiger partial charge in [0.15, 0.2) is 5.82 Å². The maximum absolute atomic E-state index is 13.0. The van der Waals surface area contributed by atoms with E-state index in [0.717, 1.165) is 31.4 Å². The highest BCUT2D eigenvalue weighted by molar-refractivity contribution is 5.90. The lowest BCUT2D eigenvalue weighted by Gasteiger charge is -2.37. The van der Waals surface area contributed by atoms with Crippen molar-refractivity contribution in [3.8, 4) is 0 Å². The number of para-hydroxylation sites is 1. The van der Waals surface area contributed by atoms with Crippen LogP contribution in [-0.4, -0.2) is 58.1 Å². The number of aryl methyl sites for hydroxylation is 1. The molecule has 2 aromatic rings. The number of benzene rings is 1. The van der Waals surface area contributed by atoms with Crippen molar-refractivity contribution in [1.82, 2.24) is 19.9 Å². The highest BCUT2D eigenvalue weighted by Gasteiger charge is 2.34. The van der Waals surface area contributed by atoms with Gasteiger partial charge in [-0.2, -0.15) is 4.98 Å². The average molecular weight is 397 g/mol. The topological polar surface area (TPSA) is 91.6 Å². The predicted molar refractivity (Wildman–Crippen MR) is 107 cm³/mol. The number of carbonyl (C=O) groups excluding carboxylic acids is 2. The molecule has 1 aromatic heterocycles. The first kappa shape index (κ1) is 19.4. The molecular formula is C21H27N5O3. The summed E-state index contributed by atoms with van der Waals surface area (Å²) in [4.78, 5) is 33.6. The number of hydrogen-bond acceptors (Lipinski definition) is 5. The van der Waals surface area contributed by atoms with Gasteiger partial charge in [0.2, 0.25) is 11.8 Å². The molecule has 0 spiro atoms. The number of piperidine rings is 2. The standard InChI is InChI=1S/C21H27N5O3/c1-15-22-19(29-24-15)16-9-12-25(13-10-16)20(27)17-6-5-11-26(14-17)21(28)23-18-7-3-2-4-8-18/h2-4,7-8,16-17H,5-6,9-14H2,1H3,(H,23,28). The van der Waals surface area contributed by atoms with Crippen molar-refractivity contribution >= 4 is 17.6 Å². The molecule has 0 bridgehead atoms. The summed E-state index contributed by atoms with van der Waals surface area (Å²) in [7, 11) is 0. The Kier molecular flexibility index (Phi) is 5.78. The molecule has 8 heteroatoms. The van der Waals surface area contributed by atoms with Crippen molar-refractivity contribution in [2.45, 2.75) is 38.5 Å². The summed E-state index contributed by atoms with van der Waals surface area (Å²) in [6, 6.07) is 9.26. The van der Waals surface area contributed by atoms with Crippen LogP contribution >= 0.6 is 0 Å². The Morgan fingerprint density at radius 1 is 1.07 bits per heavy atom. The number of carbonyl (C=O) groups is 2. The van der Waals surface area contributed by atoms with Crippen LogP contribution in [0.15, 0.2) is 34.9 Å². The van der Waals surface area contributed by atoms with E-state index in [2.05, 4.69) is 15.5 Å². The predicted octanol–water partition coefficient (Wildman–Crippen LogP) is 3.03. The summed E-state index contributed by atoms with van der Waals surface area (Å²) in [5, 5.41) is 6.78. The molecule has 0 aliphatic carbocycles. The highest BCUT2D eigenvalue weighted by atomic mass is 16.5. The number of urea groups is 1. The average Bonchev–Trinajstić information content (AvgIpc) is 3.20. The monoisotopic (exact) mass is 397 g/mol. The third-order valence-corrected chi connectivity index (χ3v) is 5.78. The minimum absolute atomic E-state index is 0.132. The van der Waals surface area contributed by atoms with E-state index >= 15 is 0 Å². The van der Waals surface area contributed by atoms with Gasteiger partial charge in [-0.1, -0.05) is 23.4 Å². The molecule has 154 valence electrons. The molecule has 29 heavy (non-hydrogen) atoms. The highest BCUT2D eigenvalue weighted by Crippen LogP contribution is 2.29. The summed E-state index contributed by atoms with van der Waals surface area (Å²) < 4.78 is 5.29. The maximum Gasteiger partial charge on any atom is 0.321 e. The Hall–Kier alpha value is -2.90. The van der Waals surface area contributed by atoms with Crippen molar-refractivity contribution in [1.29, 1.82) is 0 Å². The van der Waals surface area contributed by atoms with E-state index < -0.39 is 0 Å². The van der Waals surface area contributed by atoms with E-state index in [4.69, 9.17) is 4.52 Å². The van der Waals surface area contributed by atoms with E-state index in [9.17, 15) is 9.59 Å². The summed E-state index contributed by atoms with van der Waals surface area (Å²) in [6.07, 6.45) is 3.34. The molecule has 2 aliphatic heterocycles. The Labute approximate surface area is 170 Å². The number of amides is 3. The van der Waals surface area contributed by atoms with Crippen molar-refractivity contribution in [2.75, 3.05) is 31.5 Å². The number of hydrogen-bond donors (Lipinski definition) is 1. The molecule has 1 aromatic carbocycles. The van der Waals surface area contributed by atoms with Crippen LogP contribution in [0.1, 0.15) is 43.3 Å². The first-order chi connectivity index (χ1) is 14.1. The van der Waals surface area contributed by atoms with Crippen LogP contribution in [0.3, 0.4) is 0 Å². The van der Waals surface area contributed by atoms with E-state index in [1.807, 2.05) is 42.2 Å². The van der Waals surface area contributed by atoms with Crippen LogP contribution in [0, 0.1) is 12.8 Å². The minimum Gasteiger partial charge on any atom is -0.342 e. The van der Waals surface area contributed by atoms with E-state index in [0.29, 0.717) is 37.9 Å². The Morgan fingerprint density at radius 2 is 1.83 bits per heavy atom. The van der Waals surface area contributed by atoms with Crippen LogP contribution in [0.2, 0.25) is 0 Å². The zero-order valence-electron chi connectivity index (χ0n) is 16.7. The van der Waals surface area contributed by atoms with Crippen LogP contribution in [0.5, 0.6) is 0 Å². The second-order valence-corrected chi connectivity index (χ2v) is 7.86. The third-order valence-electron chi connectivity index (χ3n) is 5.78. The first-order valence-corrected chi connectivity index (χ1v) is 10.3. The third kappa shape index (κ3) is 4.58. The maximum atomic E-state index is 13.0. The van der Waals surface area contributed by atoms with Gasteiger partial charge in [-0.3, -0.25) is 4.79 Å². The lowest BCUT2D eigenvalue weighted by Crippen LogP contribution is -2.49. The largest absolute Gasteiger partial charge is 0.342 e. The number of anilines is 1. The molecule has 1 N–H and O–H groups in total. The second-order valence-electron chi connectivity index (χ2n) is 7.86. The number of nitrogens with zero attached hydrogens (tertiary/aromatic N) is 4. The molecule has 2 saturated heterocycles. The fourth-order valence-electron chi connectivity index (χ4n) is 4.17. The van der Waals surface area contributed by atoms with Gasteiger partial charge in [0, 0.05) is 37.8 Å². The zero-order valence-corrected chi connectivity index (χ0v) is 16.7. The van der Waals surface area contributed by atoms with Gasteiger partial charge in [0.05, 0.1) is 5.92 Å². The van der Waals surface area contributed by atoms with E-state index in [1.165, 1.54) is 0 Å². The molecule has 1 atom stereocenters. The van der Waals surface area contributed by atoms with Crippen molar-refractivity contribution < 1.29 is 14.1 Å². The molecule has 4 rings (SSSR count). The van der Waals surface area contributed by atoms with Gasteiger partial charge in [-0.25, -0.2) is 4.79 Å². The van der Waals surface area contributed by atoms with Gasteiger partial charge in [0.1, 0.15) is 0 Å². The lowest BCUT2D eigenvalue weighted by molar-refractivity contribution is -0.138. The number of nitrogens with one attached hydrogen (secondary N) is 1. The van der Waals surface area contributed by atoms with Crippen molar-refractivity contribution in [3.63, 3.8) is 0 Å². The van der Waals surface area contributed by atoms with Crippen molar-refractivity contribution in [2.24, 2.45) is 5.92 Å². The number of likely N-dealkylation sites (tertiary alicyclic amines) is 2. The van der Waals surface area contributed by atoms with E-state index in [-0.39, 0.29) is 23.8 Å². The van der Waals surface area contributed by atoms with Gasteiger partial charge in [0.25, 0.3) is 0 Å². The first-order valence-electron chi connectivity index (χ1n) is 10.3. The van der Waals surface area contributed by atoms with Crippen LogP contribution < -0.4 is 5.32 Å². The van der Waals surface area contributed by atoms with Gasteiger partial charge in [-0.05, 0) is 44.7 Å². The summed E-state index contributed by atoms with van der Waals surface area (Å²) >= 11 is 0. The molecular weight excluding hydrogens is 370 g/mol. The van der Waals surface area contributed by atoms with Crippen LogP contribution in [-0.2, 0) is 4.79 Å². The molecule has 2 fully saturated rings. The summed E-state index contributed by atoms with van der Waals surface area (Å²) in [6.45, 7) is 4.35. The summed E-state index contributed by atoms with van der Waals surface area (Å²) in [5.74, 6) is 1.57. The number of aromatic nitrogens is 2. The minimum atomic E-state index is -0.140. The fourth-order valence-corrected chi connectivity index (χ4v) is 4.17. The Morgan fingerprint density at radius 3 is 2.52 bits per heavy atom. The van der Waals surface area contributed by atoms with E-state index in [1.54, 1.807) is 4.90 Å². The normalized spacial score (nSPS) is 20.5. The Balaban J connectivity index is 1.30. The molecule has 8 nitrogen and oxygen atoms in total. The molecule has 3 heterocycles. The SMILES string of the molecule is Cc1noc(C2CCN(C(=O)C3CCCN(C(=O)Nc4ccccc4)C3)CC2)n1. The smallest absolute Gasteiger partial charge is 0.321 e. The molecule has 2 aliphatic rings. The van der Waals surface area contributed by atoms with Crippen LogP contribution in [0.25, 0.3) is 0 Å². The molecule has 1 unspecified atom stereocenters. The summed E-state index contributed by atoms with van der Waals surface area (Å²) in [5.41, 5.74) is 0.768. The zero-order chi connectivity index (χ0) is 20.2. The number of rotatable bonds is 3. The van der Waals surface area contributed by atoms with Crippen LogP contribution in [0.4, 0.5) is 10.5 Å². The Bertz CT molecular complexity index is 845. The van der Waals surface area contributed by atoms with Gasteiger partial charge in [-0.15, -0.1) is 0 Å². The molecule has 0 radical (unpaired) electrons. The van der Waals surface area contributed by atoms with Crippen molar-refractivity contribution in [3.05, 3.63) is 42.0 Å². The van der Waals surface area contributed by atoms with Gasteiger partial charge >= 0.3 is 6.03 Å². The lowest BCUT2D eigenvalue weighted by atomic mass is 9.93. The molecule has 0 saturated carbocycles. The fraction of sp³-hybridized carbons (Fsp3) is 0.524. The molecule has 3 amide bonds. The quantitative estimate of drug-likeness (QED) is 0.860. The second kappa shape index (κ2) is 8.63.